The van der Waals surface area contributed by atoms with Crippen LogP contribution in [0.4, 0.5) is 0 Å². The summed E-state index contributed by atoms with van der Waals surface area (Å²) in [4.78, 5) is 0. The van der Waals surface area contributed by atoms with Gasteiger partial charge in [-0.3, -0.25) is 0 Å². The predicted molar refractivity (Wildman–Crippen MR) is 105 cm³/mol. The van der Waals surface area contributed by atoms with E-state index in [1.807, 2.05) is 43.3 Å². The van der Waals surface area contributed by atoms with E-state index in [9.17, 15) is 0 Å². The van der Waals surface area contributed by atoms with Gasteiger partial charge in [-0.05, 0) is 48.9 Å². The summed E-state index contributed by atoms with van der Waals surface area (Å²) in [5, 5.41) is 15.3. The van der Waals surface area contributed by atoms with E-state index in [0.717, 1.165) is 22.2 Å². The Labute approximate surface area is 165 Å². The van der Waals surface area contributed by atoms with Gasteiger partial charge in [-0.15, -0.1) is 10.2 Å². The van der Waals surface area contributed by atoms with Gasteiger partial charge in [0.1, 0.15) is 5.75 Å². The van der Waals surface area contributed by atoms with Crippen LogP contribution in [0.5, 0.6) is 5.75 Å². The first-order valence-electron chi connectivity index (χ1n) is 7.94. The number of fused-ring (bicyclic) bond motifs is 1. The van der Waals surface area contributed by atoms with Gasteiger partial charge in [-0.25, -0.2) is 0 Å². The fraction of sp³-hybridized carbons (Fsp3) is 0.167. The Morgan fingerprint density at radius 2 is 1.65 bits per heavy atom. The number of nitrogens with zero attached hydrogens (tertiary/aromatic N) is 4. The maximum Gasteiger partial charge on any atom is 0.212 e. The zero-order valence-electron chi connectivity index (χ0n) is 13.8. The zero-order chi connectivity index (χ0) is 18.1. The Balaban J connectivity index is 1.61. The summed E-state index contributed by atoms with van der Waals surface area (Å²) in [6, 6.07) is 14.9. The van der Waals surface area contributed by atoms with Crippen LogP contribution >= 0.6 is 35.0 Å². The number of hydrogen-bond acceptors (Lipinski definition) is 5. The molecule has 5 nitrogen and oxygen atoms in total. The molecule has 4 rings (SSSR count). The number of thioether (sulfide) groups is 1. The molecule has 1 atom stereocenters. The fourth-order valence-corrected chi connectivity index (χ4v) is 3.65. The first kappa shape index (κ1) is 17.4. The molecule has 3 aromatic rings. The lowest BCUT2D eigenvalue weighted by atomic mass is 10.1. The van der Waals surface area contributed by atoms with Crippen molar-refractivity contribution < 1.29 is 4.74 Å². The van der Waals surface area contributed by atoms with Crippen LogP contribution in [-0.4, -0.2) is 26.3 Å². The molecule has 8 heteroatoms. The van der Waals surface area contributed by atoms with Crippen molar-refractivity contribution >= 4 is 40.7 Å². The average molecular weight is 405 g/mol. The minimum atomic E-state index is -0.314. The minimum Gasteiger partial charge on any atom is -0.483 e. The predicted octanol–water partition coefficient (Wildman–Crippen LogP) is 5.08. The first-order valence-corrected chi connectivity index (χ1v) is 9.68. The Morgan fingerprint density at radius 1 is 1.00 bits per heavy atom. The van der Waals surface area contributed by atoms with Crippen molar-refractivity contribution in [2.24, 2.45) is 5.10 Å². The van der Waals surface area contributed by atoms with Crippen LogP contribution < -0.4 is 4.74 Å². The van der Waals surface area contributed by atoms with Gasteiger partial charge in [-0.2, -0.15) is 9.78 Å². The van der Waals surface area contributed by atoms with Gasteiger partial charge in [0.15, 0.2) is 11.9 Å². The molecule has 132 valence electrons. The third-order valence-corrected chi connectivity index (χ3v) is 5.30. The van der Waals surface area contributed by atoms with Gasteiger partial charge in [-0.1, -0.05) is 47.1 Å². The summed E-state index contributed by atoms with van der Waals surface area (Å²) in [5.41, 5.74) is 1.97. The molecule has 1 aromatic heterocycles. The van der Waals surface area contributed by atoms with Crippen LogP contribution in [0.2, 0.25) is 10.0 Å². The Hall–Kier alpha value is -2.02. The largest absolute Gasteiger partial charge is 0.483 e. The van der Waals surface area contributed by atoms with Crippen LogP contribution in [0.3, 0.4) is 0 Å². The fourth-order valence-electron chi connectivity index (χ4n) is 2.55. The SMILES string of the molecule is CC(Oc1ccc(Cl)cc1)c1nnc2n1N=C(c1ccc(Cl)cc1)CS2. The summed E-state index contributed by atoms with van der Waals surface area (Å²) in [6.07, 6.45) is -0.314. The number of benzene rings is 2. The summed E-state index contributed by atoms with van der Waals surface area (Å²) in [6.45, 7) is 1.92. The summed E-state index contributed by atoms with van der Waals surface area (Å²) in [5.74, 6) is 2.09. The molecule has 1 unspecified atom stereocenters. The molecule has 0 aliphatic carbocycles. The number of rotatable bonds is 4. The Kier molecular flexibility index (Phi) is 4.89. The number of ether oxygens (including phenoxy) is 1. The molecule has 0 radical (unpaired) electrons. The van der Waals surface area contributed by atoms with Crippen molar-refractivity contribution in [2.45, 2.75) is 18.2 Å². The third-order valence-electron chi connectivity index (χ3n) is 3.86. The zero-order valence-corrected chi connectivity index (χ0v) is 16.1. The highest BCUT2D eigenvalue weighted by Gasteiger charge is 2.24. The van der Waals surface area contributed by atoms with Gasteiger partial charge in [0.25, 0.3) is 0 Å². The summed E-state index contributed by atoms with van der Waals surface area (Å²) < 4.78 is 7.71. The topological polar surface area (TPSA) is 52.3 Å². The number of halogens is 2. The van der Waals surface area contributed by atoms with Crippen molar-refractivity contribution in [3.8, 4) is 5.75 Å². The highest BCUT2D eigenvalue weighted by molar-refractivity contribution is 7.99. The smallest absolute Gasteiger partial charge is 0.212 e. The normalized spacial score (nSPS) is 14.5. The van der Waals surface area contributed by atoms with Crippen molar-refractivity contribution in [2.75, 3.05) is 5.75 Å². The van der Waals surface area contributed by atoms with E-state index in [4.69, 9.17) is 33.0 Å². The molecule has 0 spiro atoms. The van der Waals surface area contributed by atoms with Crippen molar-refractivity contribution in [1.82, 2.24) is 14.9 Å². The first-order chi connectivity index (χ1) is 12.6. The van der Waals surface area contributed by atoms with Crippen LogP contribution in [0.25, 0.3) is 0 Å². The van der Waals surface area contributed by atoms with Crippen LogP contribution in [0.1, 0.15) is 24.4 Å². The van der Waals surface area contributed by atoms with E-state index in [1.54, 1.807) is 28.6 Å². The molecule has 1 aliphatic rings. The highest BCUT2D eigenvalue weighted by atomic mass is 35.5. The van der Waals surface area contributed by atoms with Crippen molar-refractivity contribution in [1.29, 1.82) is 0 Å². The van der Waals surface area contributed by atoms with Gasteiger partial charge in [0.05, 0.1) is 5.71 Å². The molecule has 2 aromatic carbocycles. The molecule has 0 saturated carbocycles. The quantitative estimate of drug-likeness (QED) is 0.607. The lowest BCUT2D eigenvalue weighted by molar-refractivity contribution is 0.211. The van der Waals surface area contributed by atoms with Gasteiger partial charge >= 0.3 is 0 Å². The minimum absolute atomic E-state index is 0.314. The van der Waals surface area contributed by atoms with Crippen LogP contribution in [0, 0.1) is 0 Å². The van der Waals surface area contributed by atoms with Crippen molar-refractivity contribution in [3.05, 3.63) is 70.0 Å². The van der Waals surface area contributed by atoms with Crippen LogP contribution in [0.15, 0.2) is 58.8 Å². The second-order valence-corrected chi connectivity index (χ2v) is 7.52. The van der Waals surface area contributed by atoms with E-state index in [-0.39, 0.29) is 6.10 Å². The standard InChI is InChI=1S/C18H14Cl2N4OS/c1-11(25-15-8-6-14(20)7-9-15)17-21-22-18-24(17)23-16(10-26-18)12-2-4-13(19)5-3-12/h2-9,11H,10H2,1H3. The maximum atomic E-state index is 5.97. The van der Waals surface area contributed by atoms with Crippen molar-refractivity contribution in [3.63, 3.8) is 0 Å². The molecule has 0 bridgehead atoms. The van der Waals surface area contributed by atoms with Gasteiger partial charge in [0, 0.05) is 15.8 Å². The molecule has 1 aliphatic heterocycles. The molecule has 2 heterocycles. The van der Waals surface area contributed by atoms with Crippen LogP contribution in [-0.2, 0) is 0 Å². The molecule has 0 saturated heterocycles. The van der Waals surface area contributed by atoms with E-state index >= 15 is 0 Å². The van der Waals surface area contributed by atoms with E-state index in [0.29, 0.717) is 21.6 Å². The highest BCUT2D eigenvalue weighted by Crippen LogP contribution is 2.29. The number of hydrogen-bond donors (Lipinski definition) is 0. The molecule has 0 amide bonds. The second kappa shape index (κ2) is 7.31. The van der Waals surface area contributed by atoms with E-state index in [2.05, 4.69) is 10.2 Å². The molecular formula is C18H14Cl2N4OS. The summed E-state index contributed by atoms with van der Waals surface area (Å²) in [7, 11) is 0. The Bertz CT molecular complexity index is 954. The summed E-state index contributed by atoms with van der Waals surface area (Å²) >= 11 is 13.5. The van der Waals surface area contributed by atoms with Gasteiger partial charge < -0.3 is 4.74 Å². The lowest BCUT2D eigenvalue weighted by Crippen LogP contribution is -2.17. The molecular weight excluding hydrogens is 391 g/mol. The second-order valence-electron chi connectivity index (χ2n) is 5.71. The molecule has 26 heavy (non-hydrogen) atoms. The number of aromatic nitrogens is 3. The van der Waals surface area contributed by atoms with E-state index < -0.39 is 0 Å². The van der Waals surface area contributed by atoms with Gasteiger partial charge in [0.2, 0.25) is 5.16 Å². The van der Waals surface area contributed by atoms with E-state index in [1.165, 1.54) is 0 Å². The monoisotopic (exact) mass is 404 g/mol. The molecule has 0 fully saturated rings. The average Bonchev–Trinajstić information content (AvgIpc) is 3.07. The molecule has 0 N–H and O–H groups in total. The lowest BCUT2D eigenvalue weighted by Gasteiger charge is -2.17. The Morgan fingerprint density at radius 3 is 2.35 bits per heavy atom. The third kappa shape index (κ3) is 3.58. The maximum absolute atomic E-state index is 5.97.